The lowest BCUT2D eigenvalue weighted by atomic mass is 10.0. The second-order valence-electron chi connectivity index (χ2n) is 7.33. The minimum absolute atomic E-state index is 0.0284. The lowest BCUT2D eigenvalue weighted by Crippen LogP contribution is -2.27. The summed E-state index contributed by atoms with van der Waals surface area (Å²) in [5.41, 5.74) is 0.647. The van der Waals surface area contributed by atoms with Crippen LogP contribution in [0.25, 0.3) is 0 Å². The molecule has 1 N–H and O–H groups in total. The fraction of sp³-hybridized carbons (Fsp3) is 0.476. The average molecular weight is 475 g/mol. The van der Waals surface area contributed by atoms with E-state index >= 15 is 0 Å². The van der Waals surface area contributed by atoms with E-state index in [9.17, 15) is 27.2 Å². The van der Waals surface area contributed by atoms with Crippen LogP contribution in [0.4, 0.5) is 23.2 Å². The number of ether oxygens (including phenoxy) is 3. The predicted molar refractivity (Wildman–Crippen MR) is 109 cm³/mol. The third kappa shape index (κ3) is 7.17. The van der Waals surface area contributed by atoms with Gasteiger partial charge in [0.05, 0.1) is 30.8 Å². The number of nitrogens with one attached hydrogen (secondary N) is 1. The number of amides is 1. The maximum absolute atomic E-state index is 12.9. The number of methoxy groups -OCH3 is 1. The Morgan fingerprint density at radius 3 is 2.55 bits per heavy atom. The van der Waals surface area contributed by atoms with Gasteiger partial charge in [-0.2, -0.15) is 18.3 Å². The lowest BCUT2D eigenvalue weighted by molar-refractivity contribution is -0.143. The zero-order valence-corrected chi connectivity index (χ0v) is 18.5. The van der Waals surface area contributed by atoms with Crippen molar-refractivity contribution in [1.82, 2.24) is 9.78 Å². The number of aryl methyl sites for hydroxylation is 1. The molecule has 182 valence electrons. The summed E-state index contributed by atoms with van der Waals surface area (Å²) in [6.45, 7) is 2.33. The van der Waals surface area contributed by atoms with Crippen LogP contribution in [0.3, 0.4) is 0 Å². The van der Waals surface area contributed by atoms with Crippen LogP contribution in [0, 0.1) is 24.5 Å². The van der Waals surface area contributed by atoms with Crippen molar-refractivity contribution in [3.63, 3.8) is 0 Å². The van der Waals surface area contributed by atoms with Crippen LogP contribution in [0.5, 0.6) is 5.75 Å². The Bertz CT molecular complexity index is 959. The predicted octanol–water partition coefficient (Wildman–Crippen LogP) is 3.86. The zero-order valence-electron chi connectivity index (χ0n) is 18.5. The molecule has 3 atom stereocenters. The van der Waals surface area contributed by atoms with Crippen molar-refractivity contribution in [1.29, 1.82) is 0 Å². The van der Waals surface area contributed by atoms with Crippen LogP contribution >= 0.6 is 0 Å². The second kappa shape index (κ2) is 11.6. The molecular formula is C21H25F4N3O5. The number of rotatable bonds is 6. The van der Waals surface area contributed by atoms with Crippen molar-refractivity contribution in [2.45, 2.75) is 45.9 Å². The summed E-state index contributed by atoms with van der Waals surface area (Å²) in [5, 5.41) is 6.22. The molecule has 1 amide bonds. The third-order valence-corrected chi connectivity index (χ3v) is 4.92. The highest BCUT2D eigenvalue weighted by molar-refractivity contribution is 5.94. The molecule has 1 aromatic carbocycles. The standard InChI is InChI=1S/C12H17F2N3O2.C9H8F2O3/c1-6-4-10(19-8(6)3)11(18)15-9-5-17(12(13)14)16-7(9)2;1-13-8(12)5-14-7-4-2-3-6(10)9(7)11/h5-6,8,10,12H,4H2,1-3H3,(H,15,18);2-4H,5H2,1H3/t6-,8?,10+;/m0./s1. The number of hydrogen-bond donors (Lipinski definition) is 1. The minimum Gasteiger partial charge on any atom is -0.479 e. The van der Waals surface area contributed by atoms with Crippen LogP contribution in [-0.4, -0.2) is 47.6 Å². The van der Waals surface area contributed by atoms with Gasteiger partial charge >= 0.3 is 12.5 Å². The molecule has 1 aromatic heterocycles. The molecule has 2 aromatic rings. The number of nitrogens with zero attached hydrogens (tertiary/aromatic N) is 2. The normalized spacial score (nSPS) is 19.6. The molecule has 0 saturated carbocycles. The van der Waals surface area contributed by atoms with E-state index < -0.39 is 36.9 Å². The first kappa shape index (κ1) is 26.1. The molecule has 1 unspecified atom stereocenters. The summed E-state index contributed by atoms with van der Waals surface area (Å²) >= 11 is 0. The first-order valence-electron chi connectivity index (χ1n) is 9.97. The first-order chi connectivity index (χ1) is 15.5. The summed E-state index contributed by atoms with van der Waals surface area (Å²) < 4.78 is 65.4. The highest BCUT2D eigenvalue weighted by atomic mass is 19.3. The third-order valence-electron chi connectivity index (χ3n) is 4.92. The molecule has 12 heteroatoms. The van der Waals surface area contributed by atoms with E-state index in [0.29, 0.717) is 28.4 Å². The molecule has 8 nitrogen and oxygen atoms in total. The van der Waals surface area contributed by atoms with Gasteiger partial charge in [0.2, 0.25) is 5.82 Å². The molecule has 33 heavy (non-hydrogen) atoms. The van der Waals surface area contributed by atoms with E-state index in [1.807, 2.05) is 13.8 Å². The van der Waals surface area contributed by atoms with Crippen molar-refractivity contribution < 1.29 is 41.4 Å². The molecule has 3 rings (SSSR count). The van der Waals surface area contributed by atoms with Gasteiger partial charge in [0.1, 0.15) is 6.10 Å². The highest BCUT2D eigenvalue weighted by Gasteiger charge is 2.34. The summed E-state index contributed by atoms with van der Waals surface area (Å²) in [7, 11) is 1.17. The van der Waals surface area contributed by atoms with Crippen molar-refractivity contribution in [3.05, 3.63) is 41.7 Å². The Hall–Kier alpha value is -3.15. The van der Waals surface area contributed by atoms with E-state index in [0.717, 1.165) is 12.3 Å². The highest BCUT2D eigenvalue weighted by Crippen LogP contribution is 2.27. The van der Waals surface area contributed by atoms with Crippen LogP contribution in [0.2, 0.25) is 0 Å². The lowest BCUT2D eigenvalue weighted by Gasteiger charge is -2.10. The smallest absolute Gasteiger partial charge is 0.343 e. The average Bonchev–Trinajstić information content (AvgIpc) is 3.31. The summed E-state index contributed by atoms with van der Waals surface area (Å²) in [6, 6.07) is 3.46. The van der Waals surface area contributed by atoms with Gasteiger partial charge in [-0.3, -0.25) is 4.79 Å². The number of halogens is 4. The molecule has 0 aliphatic carbocycles. The fourth-order valence-corrected chi connectivity index (χ4v) is 2.86. The van der Waals surface area contributed by atoms with Crippen molar-refractivity contribution >= 4 is 17.6 Å². The SMILES string of the molecule is COC(=O)COc1cccc(F)c1F.Cc1nn(C(F)F)cc1NC(=O)[C@H]1C[C@H](C)C(C)O1. The number of hydrogen-bond acceptors (Lipinski definition) is 6. The number of carbonyl (C=O) groups is 2. The number of alkyl halides is 2. The Labute approximate surface area is 187 Å². The quantitative estimate of drug-likeness (QED) is 0.504. The molecule has 1 aliphatic heterocycles. The van der Waals surface area contributed by atoms with Gasteiger partial charge in [-0.05, 0) is 38.3 Å². The summed E-state index contributed by atoms with van der Waals surface area (Å²) in [6.07, 6.45) is 1.26. The molecule has 1 aliphatic rings. The van der Waals surface area contributed by atoms with E-state index in [1.54, 1.807) is 6.92 Å². The van der Waals surface area contributed by atoms with Gasteiger partial charge < -0.3 is 19.5 Å². The maximum Gasteiger partial charge on any atom is 0.343 e. The van der Waals surface area contributed by atoms with Crippen molar-refractivity contribution in [2.75, 3.05) is 19.0 Å². The number of anilines is 1. The molecular weight excluding hydrogens is 450 g/mol. The molecule has 0 spiro atoms. The van der Waals surface area contributed by atoms with Crippen LogP contribution in [0.1, 0.15) is 32.5 Å². The zero-order chi connectivity index (χ0) is 24.7. The molecule has 0 bridgehead atoms. The van der Waals surface area contributed by atoms with Gasteiger partial charge in [0, 0.05) is 0 Å². The van der Waals surface area contributed by atoms with Gasteiger partial charge in [-0.15, -0.1) is 0 Å². The van der Waals surface area contributed by atoms with Crippen LogP contribution < -0.4 is 10.1 Å². The van der Waals surface area contributed by atoms with Crippen molar-refractivity contribution in [2.24, 2.45) is 5.92 Å². The molecule has 1 saturated heterocycles. The molecule has 2 heterocycles. The Balaban J connectivity index is 0.000000245. The van der Waals surface area contributed by atoms with Gasteiger partial charge in [0.25, 0.3) is 5.91 Å². The minimum atomic E-state index is -2.72. The number of esters is 1. The monoisotopic (exact) mass is 475 g/mol. The summed E-state index contributed by atoms with van der Waals surface area (Å²) in [5.74, 6) is -3.11. The van der Waals surface area contributed by atoms with Crippen LogP contribution in [0.15, 0.2) is 24.4 Å². The molecule has 0 radical (unpaired) electrons. The van der Waals surface area contributed by atoms with E-state index in [-0.39, 0.29) is 17.8 Å². The largest absolute Gasteiger partial charge is 0.479 e. The topological polar surface area (TPSA) is 91.7 Å². The Morgan fingerprint density at radius 2 is 2.00 bits per heavy atom. The van der Waals surface area contributed by atoms with Gasteiger partial charge in [0.15, 0.2) is 18.2 Å². The van der Waals surface area contributed by atoms with Gasteiger partial charge in [-0.1, -0.05) is 13.0 Å². The number of aromatic nitrogens is 2. The van der Waals surface area contributed by atoms with E-state index in [4.69, 9.17) is 4.74 Å². The number of benzene rings is 1. The van der Waals surface area contributed by atoms with Gasteiger partial charge in [-0.25, -0.2) is 13.9 Å². The van der Waals surface area contributed by atoms with E-state index in [1.165, 1.54) is 19.2 Å². The molecule has 1 fully saturated rings. The second-order valence-corrected chi connectivity index (χ2v) is 7.33. The van der Waals surface area contributed by atoms with Crippen molar-refractivity contribution in [3.8, 4) is 5.75 Å². The number of carbonyl (C=O) groups excluding carboxylic acids is 2. The first-order valence-corrected chi connectivity index (χ1v) is 9.97. The summed E-state index contributed by atoms with van der Waals surface area (Å²) in [4.78, 5) is 22.6. The Kier molecular flexibility index (Phi) is 9.21. The maximum atomic E-state index is 12.9. The Morgan fingerprint density at radius 1 is 1.30 bits per heavy atom. The van der Waals surface area contributed by atoms with Crippen LogP contribution in [-0.2, 0) is 19.1 Å². The van der Waals surface area contributed by atoms with E-state index in [2.05, 4.69) is 19.9 Å². The fourth-order valence-electron chi connectivity index (χ4n) is 2.86.